The number of amides is 1. The van der Waals surface area contributed by atoms with Crippen LogP contribution in [-0.4, -0.2) is 30.4 Å². The number of nitrogens with zero attached hydrogens (tertiary/aromatic N) is 2. The third-order valence-corrected chi connectivity index (χ3v) is 5.91. The number of hydrogen-bond acceptors (Lipinski definition) is 5. The highest BCUT2D eigenvalue weighted by Gasteiger charge is 2.12. The van der Waals surface area contributed by atoms with Gasteiger partial charge in [0.25, 0.3) is 5.91 Å². The van der Waals surface area contributed by atoms with E-state index in [4.69, 9.17) is 9.47 Å². The number of carbonyl (C=O) groups is 1. The molecular formula is C19H20N2O3S2. The highest BCUT2D eigenvalue weighted by molar-refractivity contribution is 7.99. The average molecular weight is 389 g/mol. The lowest BCUT2D eigenvalue weighted by Crippen LogP contribution is -2.13. The lowest BCUT2D eigenvalue weighted by molar-refractivity contribution is 0.0998. The van der Waals surface area contributed by atoms with E-state index in [2.05, 4.69) is 11.9 Å². The van der Waals surface area contributed by atoms with Crippen LogP contribution in [0.25, 0.3) is 10.2 Å². The van der Waals surface area contributed by atoms with Crippen molar-refractivity contribution in [2.75, 3.05) is 20.0 Å². The number of hydrogen-bond donors (Lipinski definition) is 0. The average Bonchev–Trinajstić information content (AvgIpc) is 2.96. The van der Waals surface area contributed by atoms with E-state index in [0.717, 1.165) is 20.9 Å². The molecule has 0 unspecified atom stereocenters. The summed E-state index contributed by atoms with van der Waals surface area (Å²) in [5, 5.41) is 0. The van der Waals surface area contributed by atoms with Gasteiger partial charge >= 0.3 is 0 Å². The molecule has 7 heteroatoms. The van der Waals surface area contributed by atoms with Crippen LogP contribution >= 0.6 is 23.1 Å². The minimum absolute atomic E-state index is 0.251. The Balaban J connectivity index is 2.01. The zero-order chi connectivity index (χ0) is 18.7. The summed E-state index contributed by atoms with van der Waals surface area (Å²) in [5.41, 5.74) is 1.52. The van der Waals surface area contributed by atoms with Crippen LogP contribution in [0.5, 0.6) is 11.5 Å². The minimum Gasteiger partial charge on any atom is -0.493 e. The second kappa shape index (κ2) is 7.97. The number of aryl methyl sites for hydroxylation is 1. The Bertz CT molecular complexity index is 1000. The molecule has 0 bridgehead atoms. The van der Waals surface area contributed by atoms with Crippen LogP contribution in [0.15, 0.2) is 46.3 Å². The quantitative estimate of drug-likeness (QED) is 0.617. The molecule has 0 atom stereocenters. The standard InChI is InChI=1S/C19H20N2O3S2/c1-5-25-13-8-6-12(7-9-13)18(22)20-19-21(2)14-10-15(23-3)16(24-4)11-17(14)26-19/h6-11H,5H2,1-4H3. The van der Waals surface area contributed by atoms with E-state index in [9.17, 15) is 4.79 Å². The van der Waals surface area contributed by atoms with E-state index in [1.807, 2.05) is 48.0 Å². The number of methoxy groups -OCH3 is 2. The molecule has 0 radical (unpaired) electrons. The Morgan fingerprint density at radius 2 is 1.81 bits per heavy atom. The lowest BCUT2D eigenvalue weighted by Gasteiger charge is -2.07. The van der Waals surface area contributed by atoms with E-state index in [1.54, 1.807) is 26.0 Å². The molecule has 2 aromatic carbocycles. The first-order valence-corrected chi connectivity index (χ1v) is 9.91. The van der Waals surface area contributed by atoms with Gasteiger partial charge in [0.15, 0.2) is 16.3 Å². The van der Waals surface area contributed by atoms with Gasteiger partial charge in [-0.15, -0.1) is 11.8 Å². The third kappa shape index (κ3) is 3.64. The molecule has 1 aromatic heterocycles. The van der Waals surface area contributed by atoms with Gasteiger partial charge in [-0.3, -0.25) is 4.79 Å². The summed E-state index contributed by atoms with van der Waals surface area (Å²) >= 11 is 3.19. The molecular weight excluding hydrogens is 368 g/mol. The van der Waals surface area contributed by atoms with Crippen molar-refractivity contribution in [1.29, 1.82) is 0 Å². The molecule has 5 nitrogen and oxygen atoms in total. The second-order valence-electron chi connectivity index (χ2n) is 5.49. The molecule has 0 saturated heterocycles. The maximum absolute atomic E-state index is 12.5. The molecule has 0 spiro atoms. The van der Waals surface area contributed by atoms with Gasteiger partial charge in [-0.1, -0.05) is 18.3 Å². The molecule has 3 rings (SSSR count). The van der Waals surface area contributed by atoms with Gasteiger partial charge in [-0.05, 0) is 30.0 Å². The van der Waals surface area contributed by atoms with Gasteiger partial charge in [0.05, 0.1) is 24.4 Å². The molecule has 1 amide bonds. The van der Waals surface area contributed by atoms with Crippen molar-refractivity contribution in [3.63, 3.8) is 0 Å². The molecule has 0 aliphatic heterocycles. The summed E-state index contributed by atoms with van der Waals surface area (Å²) in [6.07, 6.45) is 0. The summed E-state index contributed by atoms with van der Waals surface area (Å²) in [5.74, 6) is 2.06. The summed E-state index contributed by atoms with van der Waals surface area (Å²) in [6, 6.07) is 11.4. The number of carbonyl (C=O) groups excluding carboxylic acids is 1. The summed E-state index contributed by atoms with van der Waals surface area (Å²) in [6.45, 7) is 2.10. The van der Waals surface area contributed by atoms with Gasteiger partial charge in [-0.2, -0.15) is 4.99 Å². The Kier molecular flexibility index (Phi) is 5.68. The maximum atomic E-state index is 12.5. The van der Waals surface area contributed by atoms with Crippen LogP contribution in [0.1, 0.15) is 17.3 Å². The maximum Gasteiger partial charge on any atom is 0.279 e. The van der Waals surface area contributed by atoms with Crippen LogP contribution in [-0.2, 0) is 7.05 Å². The Morgan fingerprint density at radius 3 is 2.42 bits per heavy atom. The molecule has 0 fully saturated rings. The van der Waals surface area contributed by atoms with Gasteiger partial charge in [-0.25, -0.2) is 0 Å². The number of fused-ring (bicyclic) bond motifs is 1. The Labute approximate surface area is 160 Å². The Morgan fingerprint density at radius 1 is 1.15 bits per heavy atom. The van der Waals surface area contributed by atoms with Crippen molar-refractivity contribution in [1.82, 2.24) is 4.57 Å². The van der Waals surface area contributed by atoms with E-state index >= 15 is 0 Å². The highest BCUT2D eigenvalue weighted by atomic mass is 32.2. The zero-order valence-corrected chi connectivity index (χ0v) is 16.7. The number of thiazole rings is 1. The monoisotopic (exact) mass is 388 g/mol. The number of ether oxygens (including phenoxy) is 2. The van der Waals surface area contributed by atoms with E-state index < -0.39 is 0 Å². The van der Waals surface area contributed by atoms with Crippen molar-refractivity contribution in [2.24, 2.45) is 12.0 Å². The number of thioether (sulfide) groups is 1. The first-order chi connectivity index (χ1) is 12.6. The van der Waals surface area contributed by atoms with Gasteiger partial charge in [0.2, 0.25) is 0 Å². The Hall–Kier alpha value is -2.25. The van der Waals surface area contributed by atoms with E-state index in [0.29, 0.717) is 21.9 Å². The van der Waals surface area contributed by atoms with Gasteiger partial charge in [0, 0.05) is 29.6 Å². The summed E-state index contributed by atoms with van der Waals surface area (Å²) in [7, 11) is 5.09. The number of benzene rings is 2. The molecule has 0 N–H and O–H groups in total. The van der Waals surface area contributed by atoms with Crippen LogP contribution in [0.4, 0.5) is 0 Å². The molecule has 0 saturated carbocycles. The lowest BCUT2D eigenvalue weighted by atomic mass is 10.2. The van der Waals surface area contributed by atoms with Crippen molar-refractivity contribution < 1.29 is 14.3 Å². The summed E-state index contributed by atoms with van der Waals surface area (Å²) < 4.78 is 13.6. The second-order valence-corrected chi connectivity index (χ2v) is 7.84. The fourth-order valence-electron chi connectivity index (χ4n) is 2.57. The van der Waals surface area contributed by atoms with Crippen molar-refractivity contribution in [3.05, 3.63) is 46.8 Å². The highest BCUT2D eigenvalue weighted by Crippen LogP contribution is 2.33. The number of aromatic nitrogens is 1. The molecule has 1 heterocycles. The zero-order valence-electron chi connectivity index (χ0n) is 15.1. The fourth-order valence-corrected chi connectivity index (χ4v) is 4.26. The number of rotatable bonds is 5. The van der Waals surface area contributed by atoms with Crippen LogP contribution < -0.4 is 14.3 Å². The van der Waals surface area contributed by atoms with Crippen LogP contribution in [0.2, 0.25) is 0 Å². The summed E-state index contributed by atoms with van der Waals surface area (Å²) in [4.78, 5) is 18.6. The van der Waals surface area contributed by atoms with E-state index in [1.165, 1.54) is 11.3 Å². The van der Waals surface area contributed by atoms with Crippen LogP contribution in [0, 0.1) is 0 Å². The van der Waals surface area contributed by atoms with Gasteiger partial charge < -0.3 is 14.0 Å². The van der Waals surface area contributed by atoms with Crippen molar-refractivity contribution in [3.8, 4) is 11.5 Å². The molecule has 0 aliphatic carbocycles. The largest absolute Gasteiger partial charge is 0.493 e. The predicted molar refractivity (Wildman–Crippen MR) is 107 cm³/mol. The van der Waals surface area contributed by atoms with Crippen molar-refractivity contribution in [2.45, 2.75) is 11.8 Å². The smallest absolute Gasteiger partial charge is 0.279 e. The first-order valence-electron chi connectivity index (χ1n) is 8.10. The molecule has 26 heavy (non-hydrogen) atoms. The molecule has 3 aromatic rings. The molecule has 0 aliphatic rings. The van der Waals surface area contributed by atoms with Crippen molar-refractivity contribution >= 4 is 39.2 Å². The SMILES string of the molecule is CCSc1ccc(C(=O)N=c2sc3cc(OC)c(OC)cc3n2C)cc1. The molecule has 136 valence electrons. The first kappa shape index (κ1) is 18.5. The fraction of sp³-hybridized carbons (Fsp3) is 0.263. The van der Waals surface area contributed by atoms with E-state index in [-0.39, 0.29) is 5.91 Å². The topological polar surface area (TPSA) is 52.8 Å². The normalized spacial score (nSPS) is 11.8. The van der Waals surface area contributed by atoms with Crippen LogP contribution in [0.3, 0.4) is 0 Å². The predicted octanol–water partition coefficient (Wildman–Crippen LogP) is 4.11. The minimum atomic E-state index is -0.251. The van der Waals surface area contributed by atoms with Gasteiger partial charge in [0.1, 0.15) is 0 Å². The third-order valence-electron chi connectivity index (χ3n) is 3.92.